The molecule has 4 aromatic rings. The summed E-state index contributed by atoms with van der Waals surface area (Å²) >= 11 is 0. The Morgan fingerprint density at radius 1 is 1.10 bits per heavy atom. The molecule has 6 rings (SSSR count). The Labute approximate surface area is 227 Å². The summed E-state index contributed by atoms with van der Waals surface area (Å²) in [5.74, 6) is 2.88. The van der Waals surface area contributed by atoms with Gasteiger partial charge in [-0.2, -0.15) is 0 Å². The van der Waals surface area contributed by atoms with Gasteiger partial charge in [-0.15, -0.1) is 0 Å². The smallest absolute Gasteiger partial charge is 0.245 e. The summed E-state index contributed by atoms with van der Waals surface area (Å²) in [5, 5.41) is 4.33. The van der Waals surface area contributed by atoms with E-state index in [1.54, 1.807) is 26.8 Å². The third-order valence-corrected chi connectivity index (χ3v) is 7.74. The minimum atomic E-state index is 0.00946. The van der Waals surface area contributed by atoms with Gasteiger partial charge < -0.3 is 29.0 Å². The van der Waals surface area contributed by atoms with Gasteiger partial charge in [0, 0.05) is 48.6 Å². The van der Waals surface area contributed by atoms with Crippen molar-refractivity contribution in [3.8, 4) is 22.8 Å². The molecule has 1 amide bonds. The zero-order valence-electron chi connectivity index (χ0n) is 22.1. The van der Waals surface area contributed by atoms with Gasteiger partial charge >= 0.3 is 0 Å². The first kappa shape index (κ1) is 24.8. The number of anilines is 3. The maximum atomic E-state index is 12.3. The summed E-state index contributed by atoms with van der Waals surface area (Å²) in [6, 6.07) is 13.7. The monoisotopic (exact) mass is 525 g/mol. The lowest BCUT2D eigenvalue weighted by atomic mass is 9.73. The summed E-state index contributed by atoms with van der Waals surface area (Å²) in [6.45, 7) is 6.92. The van der Waals surface area contributed by atoms with Crippen molar-refractivity contribution in [2.24, 2.45) is 5.41 Å². The fourth-order valence-electron chi connectivity index (χ4n) is 5.83. The molecule has 2 fully saturated rings. The van der Waals surface area contributed by atoms with Crippen LogP contribution in [0, 0.1) is 5.41 Å². The van der Waals surface area contributed by atoms with Gasteiger partial charge in [0.1, 0.15) is 29.4 Å². The Morgan fingerprint density at radius 2 is 1.95 bits per heavy atom. The highest BCUT2D eigenvalue weighted by molar-refractivity contribution is 5.96. The first-order valence-corrected chi connectivity index (χ1v) is 13.0. The van der Waals surface area contributed by atoms with Crippen molar-refractivity contribution in [2.45, 2.75) is 12.8 Å². The molecule has 0 bridgehead atoms. The number of rotatable bonds is 7. The van der Waals surface area contributed by atoms with Crippen LogP contribution in [0.4, 0.5) is 17.2 Å². The molecule has 0 aliphatic carbocycles. The maximum Gasteiger partial charge on any atom is 0.245 e. The number of ether oxygens (including phenoxy) is 2. The molecule has 2 aromatic carbocycles. The van der Waals surface area contributed by atoms with Crippen LogP contribution < -0.4 is 19.7 Å². The number of nitrogens with one attached hydrogen (secondary N) is 1. The van der Waals surface area contributed by atoms with Crippen LogP contribution in [0.5, 0.6) is 11.5 Å². The average Bonchev–Trinajstić information content (AvgIpc) is 3.50. The highest BCUT2D eigenvalue weighted by Crippen LogP contribution is 2.46. The molecule has 2 saturated heterocycles. The second-order valence-electron chi connectivity index (χ2n) is 10.2. The van der Waals surface area contributed by atoms with Crippen molar-refractivity contribution in [3.63, 3.8) is 0 Å². The van der Waals surface area contributed by atoms with Crippen molar-refractivity contribution >= 4 is 34.0 Å². The highest BCUT2D eigenvalue weighted by atomic mass is 16.5. The van der Waals surface area contributed by atoms with Gasteiger partial charge in [-0.25, -0.2) is 9.97 Å². The number of amides is 1. The number of hydrogen-bond acceptors (Lipinski definition) is 8. The molecule has 200 valence electrons. The van der Waals surface area contributed by atoms with Gasteiger partial charge in [0.05, 0.1) is 37.4 Å². The molecule has 0 atom stereocenters. The summed E-state index contributed by atoms with van der Waals surface area (Å²) in [7, 11) is 3.32. The molecule has 2 aliphatic heterocycles. The normalized spacial score (nSPS) is 16.2. The molecule has 9 heteroatoms. The molecule has 0 unspecified atom stereocenters. The molecule has 0 radical (unpaired) electrons. The highest BCUT2D eigenvalue weighted by Gasteiger charge is 2.47. The summed E-state index contributed by atoms with van der Waals surface area (Å²) in [5.41, 5.74) is 3.53. The van der Waals surface area contributed by atoms with E-state index < -0.39 is 0 Å². The van der Waals surface area contributed by atoms with Gasteiger partial charge in [0.25, 0.3) is 0 Å². The lowest BCUT2D eigenvalue weighted by Gasteiger charge is -2.55. The van der Waals surface area contributed by atoms with Gasteiger partial charge in [0.15, 0.2) is 0 Å². The minimum Gasteiger partial charge on any atom is -0.495 e. The topological polar surface area (TPSA) is 93.0 Å². The summed E-state index contributed by atoms with van der Waals surface area (Å²) < 4.78 is 17.0. The van der Waals surface area contributed by atoms with Crippen molar-refractivity contribution < 1.29 is 18.7 Å². The van der Waals surface area contributed by atoms with E-state index in [4.69, 9.17) is 13.9 Å². The largest absolute Gasteiger partial charge is 0.495 e. The van der Waals surface area contributed by atoms with Crippen molar-refractivity contribution in [3.05, 3.63) is 67.7 Å². The molecule has 1 N–H and O–H groups in total. The Bertz CT molecular complexity index is 1530. The number of hydrogen-bond donors (Lipinski definition) is 1. The molecule has 39 heavy (non-hydrogen) atoms. The first-order valence-electron chi connectivity index (χ1n) is 13.0. The molecule has 1 spiro atoms. The molecular weight excluding hydrogens is 494 g/mol. The van der Waals surface area contributed by atoms with E-state index in [9.17, 15) is 4.79 Å². The van der Waals surface area contributed by atoms with Crippen LogP contribution in [0.1, 0.15) is 12.8 Å². The van der Waals surface area contributed by atoms with E-state index in [1.807, 2.05) is 41.3 Å². The third-order valence-electron chi connectivity index (χ3n) is 7.74. The number of carbonyl (C=O) groups excluding carboxylic acids is 1. The SMILES string of the molecule is C=CC(=O)N1CCCC2(C1)CN(c1cc3c(Nc4cc(-c5ccco5)ccc4OC)ncnc3cc1OC)C2. The predicted octanol–water partition coefficient (Wildman–Crippen LogP) is 5.27. The van der Waals surface area contributed by atoms with Crippen molar-refractivity contribution in [2.75, 3.05) is 50.6 Å². The number of fused-ring (bicyclic) bond motifs is 1. The number of methoxy groups -OCH3 is 2. The maximum absolute atomic E-state index is 12.3. The minimum absolute atomic E-state index is 0.00946. The number of likely N-dealkylation sites (tertiary alicyclic amines) is 1. The number of furan rings is 1. The van der Waals surface area contributed by atoms with E-state index in [2.05, 4.69) is 32.8 Å². The van der Waals surface area contributed by atoms with E-state index in [-0.39, 0.29) is 11.3 Å². The fourth-order valence-corrected chi connectivity index (χ4v) is 5.83. The van der Waals surface area contributed by atoms with Gasteiger partial charge in [-0.3, -0.25) is 4.79 Å². The van der Waals surface area contributed by atoms with Crippen LogP contribution in [0.15, 0.2) is 72.1 Å². The zero-order valence-corrected chi connectivity index (χ0v) is 22.1. The molecule has 2 aromatic heterocycles. The Morgan fingerprint density at radius 3 is 2.69 bits per heavy atom. The average molecular weight is 526 g/mol. The lowest BCUT2D eigenvalue weighted by molar-refractivity contribution is -0.130. The van der Waals surface area contributed by atoms with Crippen LogP contribution >= 0.6 is 0 Å². The summed E-state index contributed by atoms with van der Waals surface area (Å²) in [4.78, 5) is 25.6. The Kier molecular flexibility index (Phi) is 6.34. The quantitative estimate of drug-likeness (QED) is 0.327. The third kappa shape index (κ3) is 4.54. The van der Waals surface area contributed by atoms with Crippen LogP contribution in [0.3, 0.4) is 0 Å². The molecule has 0 saturated carbocycles. The first-order chi connectivity index (χ1) is 19.0. The Hall–Kier alpha value is -4.53. The van der Waals surface area contributed by atoms with Crippen LogP contribution in [-0.2, 0) is 4.79 Å². The molecule has 9 nitrogen and oxygen atoms in total. The van der Waals surface area contributed by atoms with Crippen molar-refractivity contribution in [1.29, 1.82) is 0 Å². The standard InChI is InChI=1S/C30H31N5O4/c1-4-28(36)34-11-6-10-30(16-34)17-35(18-30)24-14-21-22(15-27(24)38-3)31-19-32-29(21)33-23-13-20(8-9-26(23)37-2)25-7-5-12-39-25/h4-5,7-9,12-15,19H,1,6,10-11,16-18H2,2-3H3,(H,31,32,33). The van der Waals surface area contributed by atoms with Gasteiger partial charge in [-0.05, 0) is 55.3 Å². The fraction of sp³-hybridized carbons (Fsp3) is 0.300. The second-order valence-corrected chi connectivity index (χ2v) is 10.2. The van der Waals surface area contributed by atoms with Crippen LogP contribution in [0.2, 0.25) is 0 Å². The molecular formula is C30H31N5O4. The molecule has 2 aliphatic rings. The predicted molar refractivity (Wildman–Crippen MR) is 151 cm³/mol. The van der Waals surface area contributed by atoms with E-state index in [0.29, 0.717) is 11.6 Å². The van der Waals surface area contributed by atoms with E-state index in [1.165, 1.54) is 6.08 Å². The molecule has 4 heterocycles. The van der Waals surface area contributed by atoms with E-state index >= 15 is 0 Å². The number of benzene rings is 2. The Balaban J connectivity index is 1.32. The number of carbonyl (C=O) groups is 1. The van der Waals surface area contributed by atoms with Crippen molar-refractivity contribution in [1.82, 2.24) is 14.9 Å². The number of piperidine rings is 1. The summed E-state index contributed by atoms with van der Waals surface area (Å²) in [6.07, 6.45) is 6.71. The van der Waals surface area contributed by atoms with Gasteiger partial charge in [0.2, 0.25) is 5.91 Å². The lowest BCUT2D eigenvalue weighted by Crippen LogP contribution is -2.63. The van der Waals surface area contributed by atoms with E-state index in [0.717, 1.165) is 78.4 Å². The van der Waals surface area contributed by atoms with Crippen LogP contribution in [0.25, 0.3) is 22.2 Å². The van der Waals surface area contributed by atoms with Crippen LogP contribution in [-0.4, -0.2) is 61.2 Å². The second kappa shape index (κ2) is 9.98. The zero-order chi connectivity index (χ0) is 27.0. The number of nitrogens with zero attached hydrogens (tertiary/aromatic N) is 4. The van der Waals surface area contributed by atoms with Gasteiger partial charge in [-0.1, -0.05) is 6.58 Å². The number of aromatic nitrogens is 2.